The number of rotatable bonds is 8. The molecule has 0 saturated carbocycles. The van der Waals surface area contributed by atoms with Gasteiger partial charge in [0.1, 0.15) is 0 Å². The van der Waals surface area contributed by atoms with Gasteiger partial charge in [-0.1, -0.05) is 93.6 Å². The van der Waals surface area contributed by atoms with Crippen LogP contribution in [0.25, 0.3) is 0 Å². The predicted molar refractivity (Wildman–Crippen MR) is 130 cm³/mol. The molecular weight excluding hydrogens is 400 g/mol. The van der Waals surface area contributed by atoms with Crippen molar-refractivity contribution in [3.8, 4) is 0 Å². The fourth-order valence-corrected chi connectivity index (χ4v) is 4.89. The second kappa shape index (κ2) is 10.7. The molecule has 0 N–H and O–H groups in total. The molecule has 4 heteroatoms. The summed E-state index contributed by atoms with van der Waals surface area (Å²) in [6.45, 7) is 12.7. The summed E-state index contributed by atoms with van der Waals surface area (Å²) in [5.74, 6) is 0. The smallest absolute Gasteiger partial charge is 0.192 e. The van der Waals surface area contributed by atoms with Crippen molar-refractivity contribution < 1.29 is 13.9 Å². The quantitative estimate of drug-likeness (QED) is 0.331. The van der Waals surface area contributed by atoms with Gasteiger partial charge in [0, 0.05) is 12.8 Å². The lowest BCUT2D eigenvalue weighted by Gasteiger charge is -2.40. The van der Waals surface area contributed by atoms with Crippen LogP contribution in [0.2, 0.25) is 18.1 Å². The molecule has 3 rings (SSSR count). The van der Waals surface area contributed by atoms with Crippen molar-refractivity contribution in [2.24, 2.45) is 0 Å². The Morgan fingerprint density at radius 1 is 0.742 bits per heavy atom. The predicted octanol–water partition coefficient (Wildman–Crippen LogP) is 6.90. The molecule has 0 aliphatic heterocycles. The lowest BCUT2D eigenvalue weighted by Crippen LogP contribution is -2.45. The summed E-state index contributed by atoms with van der Waals surface area (Å²) < 4.78 is 19.4. The molecule has 3 atom stereocenters. The standard InChI is InChI=1S/C27H38O3Si/c1-27(2,3)31(4,5)30-26-18-24(28-20-22-12-8-6-9-13-22)16-17-25(19-26)29-21-23-14-10-7-11-15-23/h6-17,24-26H,18-21H2,1-5H3/t24-,25+,26?. The highest BCUT2D eigenvalue weighted by Crippen LogP contribution is 2.39. The van der Waals surface area contributed by atoms with Gasteiger partial charge in [-0.2, -0.15) is 0 Å². The van der Waals surface area contributed by atoms with Crippen LogP contribution >= 0.6 is 0 Å². The number of hydrogen-bond donors (Lipinski definition) is 0. The minimum absolute atomic E-state index is 0.0281. The van der Waals surface area contributed by atoms with Gasteiger partial charge in [-0.25, -0.2) is 0 Å². The van der Waals surface area contributed by atoms with E-state index in [2.05, 4.69) is 94.5 Å². The van der Waals surface area contributed by atoms with Gasteiger partial charge in [0.15, 0.2) is 8.32 Å². The minimum atomic E-state index is -1.89. The molecule has 3 nitrogen and oxygen atoms in total. The first kappa shape index (κ1) is 23.9. The van der Waals surface area contributed by atoms with Crippen LogP contribution in [-0.4, -0.2) is 26.6 Å². The van der Waals surface area contributed by atoms with Crippen molar-refractivity contribution in [1.82, 2.24) is 0 Å². The molecule has 168 valence electrons. The molecule has 0 bridgehead atoms. The summed E-state index contributed by atoms with van der Waals surface area (Å²) in [6, 6.07) is 20.7. The highest BCUT2D eigenvalue weighted by atomic mass is 28.4. The highest BCUT2D eigenvalue weighted by molar-refractivity contribution is 6.74. The third kappa shape index (κ3) is 7.43. The summed E-state index contributed by atoms with van der Waals surface area (Å²) in [6.07, 6.45) is 6.25. The zero-order valence-electron chi connectivity index (χ0n) is 19.7. The van der Waals surface area contributed by atoms with Gasteiger partial charge in [-0.15, -0.1) is 0 Å². The summed E-state index contributed by atoms with van der Waals surface area (Å²) >= 11 is 0. The molecule has 0 heterocycles. The summed E-state index contributed by atoms with van der Waals surface area (Å²) in [7, 11) is -1.89. The Balaban J connectivity index is 1.68. The van der Waals surface area contributed by atoms with Gasteiger partial charge < -0.3 is 13.9 Å². The van der Waals surface area contributed by atoms with Crippen LogP contribution in [0.3, 0.4) is 0 Å². The topological polar surface area (TPSA) is 27.7 Å². The monoisotopic (exact) mass is 438 g/mol. The average molecular weight is 439 g/mol. The van der Waals surface area contributed by atoms with Crippen molar-refractivity contribution in [2.45, 2.75) is 83.3 Å². The first-order chi connectivity index (χ1) is 14.7. The van der Waals surface area contributed by atoms with Crippen LogP contribution in [-0.2, 0) is 27.1 Å². The Labute approximate surface area is 189 Å². The molecule has 0 amide bonds. The summed E-state index contributed by atoms with van der Waals surface area (Å²) in [5.41, 5.74) is 2.39. The van der Waals surface area contributed by atoms with Gasteiger partial charge >= 0.3 is 0 Å². The SMILES string of the molecule is CC(C)(C)[Si](C)(C)OC1C[C@H](OCc2ccccc2)C=C[C@H](OCc2ccccc2)C1. The van der Waals surface area contributed by atoms with Crippen LogP contribution < -0.4 is 0 Å². The first-order valence-electron chi connectivity index (χ1n) is 11.4. The van der Waals surface area contributed by atoms with E-state index in [-0.39, 0.29) is 23.4 Å². The molecule has 2 aromatic rings. The Morgan fingerprint density at radius 2 is 1.16 bits per heavy atom. The van der Waals surface area contributed by atoms with E-state index in [0.717, 1.165) is 12.8 Å². The Morgan fingerprint density at radius 3 is 1.55 bits per heavy atom. The number of ether oxygens (including phenoxy) is 2. The maximum atomic E-state index is 6.83. The van der Waals surface area contributed by atoms with Gasteiger partial charge in [0.2, 0.25) is 0 Å². The van der Waals surface area contributed by atoms with E-state index >= 15 is 0 Å². The van der Waals surface area contributed by atoms with E-state index in [9.17, 15) is 0 Å². The van der Waals surface area contributed by atoms with Crippen molar-refractivity contribution in [1.29, 1.82) is 0 Å². The zero-order valence-corrected chi connectivity index (χ0v) is 20.7. The Hall–Kier alpha value is -1.72. The fraction of sp³-hybridized carbons (Fsp3) is 0.481. The Kier molecular flexibility index (Phi) is 8.28. The van der Waals surface area contributed by atoms with Crippen LogP contribution in [0.4, 0.5) is 0 Å². The molecule has 0 spiro atoms. The summed E-state index contributed by atoms with van der Waals surface area (Å²) in [4.78, 5) is 0. The second-order valence-electron chi connectivity index (χ2n) is 10.0. The third-order valence-corrected chi connectivity index (χ3v) is 10.9. The van der Waals surface area contributed by atoms with E-state index in [4.69, 9.17) is 13.9 Å². The third-order valence-electron chi connectivity index (χ3n) is 6.41. The lowest BCUT2D eigenvalue weighted by molar-refractivity contribution is 0.0120. The molecule has 1 aliphatic carbocycles. The van der Waals surface area contributed by atoms with Crippen LogP contribution in [0, 0.1) is 0 Å². The molecule has 2 aromatic carbocycles. The van der Waals surface area contributed by atoms with Crippen molar-refractivity contribution in [3.63, 3.8) is 0 Å². The molecule has 0 fully saturated rings. The Bertz CT molecular complexity index is 756. The highest BCUT2D eigenvalue weighted by Gasteiger charge is 2.40. The maximum absolute atomic E-state index is 6.83. The van der Waals surface area contributed by atoms with Crippen molar-refractivity contribution in [2.75, 3.05) is 0 Å². The van der Waals surface area contributed by atoms with E-state index in [1.165, 1.54) is 11.1 Å². The van der Waals surface area contributed by atoms with Crippen molar-refractivity contribution in [3.05, 3.63) is 83.9 Å². The van der Waals surface area contributed by atoms with E-state index in [1.54, 1.807) is 0 Å². The van der Waals surface area contributed by atoms with Crippen LogP contribution in [0.15, 0.2) is 72.8 Å². The minimum Gasteiger partial charge on any atom is -0.414 e. The van der Waals surface area contributed by atoms with Gasteiger partial charge in [0.05, 0.1) is 31.5 Å². The molecule has 0 radical (unpaired) electrons. The molecule has 1 aliphatic rings. The van der Waals surface area contributed by atoms with Gasteiger partial charge in [-0.05, 0) is 29.3 Å². The van der Waals surface area contributed by atoms with E-state index in [0.29, 0.717) is 13.2 Å². The number of hydrogen-bond acceptors (Lipinski definition) is 3. The summed E-state index contributed by atoms with van der Waals surface area (Å²) in [5, 5.41) is 0.174. The maximum Gasteiger partial charge on any atom is 0.192 e. The molecule has 0 aromatic heterocycles. The van der Waals surface area contributed by atoms with Crippen LogP contribution in [0.1, 0.15) is 44.7 Å². The molecule has 1 unspecified atom stereocenters. The normalized spacial score (nSPS) is 22.3. The zero-order chi connectivity index (χ0) is 22.3. The second-order valence-corrected chi connectivity index (χ2v) is 14.8. The van der Waals surface area contributed by atoms with Crippen molar-refractivity contribution >= 4 is 8.32 Å². The van der Waals surface area contributed by atoms with Gasteiger partial charge in [0.25, 0.3) is 0 Å². The number of benzene rings is 2. The van der Waals surface area contributed by atoms with E-state index in [1.807, 2.05) is 12.1 Å². The van der Waals surface area contributed by atoms with Crippen LogP contribution in [0.5, 0.6) is 0 Å². The lowest BCUT2D eigenvalue weighted by atomic mass is 10.1. The van der Waals surface area contributed by atoms with E-state index < -0.39 is 8.32 Å². The molecular formula is C27H38O3Si. The van der Waals surface area contributed by atoms with Gasteiger partial charge in [-0.3, -0.25) is 0 Å². The molecule has 0 saturated heterocycles. The molecule has 31 heavy (non-hydrogen) atoms. The average Bonchev–Trinajstić information content (AvgIpc) is 2.93. The fourth-order valence-electron chi connectivity index (χ4n) is 3.51. The first-order valence-corrected chi connectivity index (χ1v) is 14.3. The largest absolute Gasteiger partial charge is 0.414 e.